The van der Waals surface area contributed by atoms with E-state index in [0.717, 1.165) is 49.1 Å². The SMILES string of the molecule is Cc1nccc([C@H]2CN(Cc3nc[nH]c3C)CCO2)n1. The molecule has 1 fully saturated rings. The molecule has 3 heterocycles. The van der Waals surface area contributed by atoms with Crippen LogP contribution < -0.4 is 0 Å². The molecule has 0 amide bonds. The maximum Gasteiger partial charge on any atom is 0.125 e. The summed E-state index contributed by atoms with van der Waals surface area (Å²) in [6.07, 6.45) is 3.55. The van der Waals surface area contributed by atoms with Gasteiger partial charge in [0.2, 0.25) is 0 Å². The Bertz CT molecular complexity index is 582. The molecule has 1 N–H and O–H groups in total. The summed E-state index contributed by atoms with van der Waals surface area (Å²) in [4.78, 5) is 18.4. The third-order valence-electron chi connectivity index (χ3n) is 3.59. The largest absolute Gasteiger partial charge is 0.369 e. The van der Waals surface area contributed by atoms with Crippen LogP contribution in [0.3, 0.4) is 0 Å². The molecule has 0 aromatic carbocycles. The van der Waals surface area contributed by atoms with Crippen molar-refractivity contribution in [3.8, 4) is 0 Å². The van der Waals surface area contributed by atoms with E-state index in [4.69, 9.17) is 4.74 Å². The lowest BCUT2D eigenvalue weighted by molar-refractivity contribution is -0.0355. The number of aromatic amines is 1. The maximum absolute atomic E-state index is 5.84. The van der Waals surface area contributed by atoms with Crippen molar-refractivity contribution in [3.05, 3.63) is 41.5 Å². The van der Waals surface area contributed by atoms with Crippen molar-refractivity contribution in [3.63, 3.8) is 0 Å². The normalized spacial score (nSPS) is 20.2. The second-order valence-electron chi connectivity index (χ2n) is 5.10. The van der Waals surface area contributed by atoms with Gasteiger partial charge in [0, 0.05) is 31.5 Å². The predicted octanol–water partition coefficient (Wildman–Crippen LogP) is 1.39. The summed E-state index contributed by atoms with van der Waals surface area (Å²) in [5, 5.41) is 0. The number of imidazole rings is 1. The molecule has 0 bridgehead atoms. The molecule has 0 unspecified atom stereocenters. The lowest BCUT2D eigenvalue weighted by atomic mass is 10.2. The summed E-state index contributed by atoms with van der Waals surface area (Å²) in [6.45, 7) is 7.28. The summed E-state index contributed by atoms with van der Waals surface area (Å²) >= 11 is 0. The fraction of sp³-hybridized carbons (Fsp3) is 0.500. The summed E-state index contributed by atoms with van der Waals surface area (Å²) in [5.74, 6) is 0.784. The number of morpholine rings is 1. The van der Waals surface area contributed by atoms with Gasteiger partial charge in [-0.2, -0.15) is 0 Å². The highest BCUT2D eigenvalue weighted by molar-refractivity contribution is 5.10. The molecule has 0 spiro atoms. The molecule has 1 aliphatic rings. The topological polar surface area (TPSA) is 66.9 Å². The zero-order chi connectivity index (χ0) is 13.9. The number of nitrogens with zero attached hydrogens (tertiary/aromatic N) is 4. The van der Waals surface area contributed by atoms with E-state index >= 15 is 0 Å². The Kier molecular flexibility index (Phi) is 3.75. The van der Waals surface area contributed by atoms with Crippen molar-refractivity contribution < 1.29 is 4.74 Å². The summed E-state index contributed by atoms with van der Waals surface area (Å²) < 4.78 is 5.84. The van der Waals surface area contributed by atoms with Crippen LogP contribution in [0.15, 0.2) is 18.6 Å². The zero-order valence-corrected chi connectivity index (χ0v) is 11.8. The Balaban J connectivity index is 1.69. The predicted molar refractivity (Wildman–Crippen MR) is 74.1 cm³/mol. The van der Waals surface area contributed by atoms with Crippen LogP contribution in [0, 0.1) is 13.8 Å². The van der Waals surface area contributed by atoms with Gasteiger partial charge in [-0.1, -0.05) is 0 Å². The molecule has 20 heavy (non-hydrogen) atoms. The molecule has 3 rings (SSSR count). The highest BCUT2D eigenvalue weighted by Gasteiger charge is 2.24. The number of aromatic nitrogens is 4. The molecular formula is C14H19N5O. The fourth-order valence-electron chi connectivity index (χ4n) is 2.44. The molecule has 2 aromatic heterocycles. The highest BCUT2D eigenvalue weighted by Crippen LogP contribution is 2.21. The Labute approximate surface area is 118 Å². The van der Waals surface area contributed by atoms with Crippen molar-refractivity contribution in [1.82, 2.24) is 24.8 Å². The summed E-state index contributed by atoms with van der Waals surface area (Å²) in [6, 6.07) is 1.93. The van der Waals surface area contributed by atoms with Gasteiger partial charge in [0.15, 0.2) is 0 Å². The lowest BCUT2D eigenvalue weighted by Gasteiger charge is -2.32. The number of hydrogen-bond donors (Lipinski definition) is 1. The first-order valence-corrected chi connectivity index (χ1v) is 6.85. The third-order valence-corrected chi connectivity index (χ3v) is 3.59. The van der Waals surface area contributed by atoms with Crippen molar-refractivity contribution in [2.75, 3.05) is 19.7 Å². The smallest absolute Gasteiger partial charge is 0.125 e. The van der Waals surface area contributed by atoms with Crippen molar-refractivity contribution >= 4 is 0 Å². The van der Waals surface area contributed by atoms with Crippen molar-refractivity contribution in [2.45, 2.75) is 26.5 Å². The molecule has 0 saturated carbocycles. The van der Waals surface area contributed by atoms with E-state index in [0.29, 0.717) is 0 Å². The van der Waals surface area contributed by atoms with E-state index in [1.54, 1.807) is 12.5 Å². The van der Waals surface area contributed by atoms with Gasteiger partial charge < -0.3 is 9.72 Å². The van der Waals surface area contributed by atoms with Crippen LogP contribution in [0.2, 0.25) is 0 Å². The van der Waals surface area contributed by atoms with Crippen molar-refractivity contribution in [2.24, 2.45) is 0 Å². The van der Waals surface area contributed by atoms with E-state index in [-0.39, 0.29) is 6.10 Å². The molecule has 2 aromatic rings. The Morgan fingerprint density at radius 3 is 3.05 bits per heavy atom. The van der Waals surface area contributed by atoms with Gasteiger partial charge >= 0.3 is 0 Å². The minimum atomic E-state index is 0.0182. The fourth-order valence-corrected chi connectivity index (χ4v) is 2.44. The second kappa shape index (κ2) is 5.68. The summed E-state index contributed by atoms with van der Waals surface area (Å²) in [7, 11) is 0. The van der Waals surface area contributed by atoms with Gasteiger partial charge in [-0.25, -0.2) is 15.0 Å². The van der Waals surface area contributed by atoms with Crippen LogP contribution in [0.4, 0.5) is 0 Å². The number of ether oxygens (including phenoxy) is 1. The second-order valence-corrected chi connectivity index (χ2v) is 5.10. The van der Waals surface area contributed by atoms with Gasteiger partial charge in [-0.05, 0) is 19.9 Å². The molecule has 6 nitrogen and oxygen atoms in total. The van der Waals surface area contributed by atoms with E-state index in [1.165, 1.54) is 0 Å². The van der Waals surface area contributed by atoms with Crippen LogP contribution in [0.25, 0.3) is 0 Å². The first-order chi connectivity index (χ1) is 9.72. The Hall–Kier alpha value is -1.79. The number of nitrogens with one attached hydrogen (secondary N) is 1. The molecule has 0 aliphatic carbocycles. The number of rotatable bonds is 3. The van der Waals surface area contributed by atoms with E-state index < -0.39 is 0 Å². The molecule has 1 aliphatic heterocycles. The average Bonchev–Trinajstić information content (AvgIpc) is 2.85. The van der Waals surface area contributed by atoms with Crippen LogP contribution in [0.1, 0.15) is 29.0 Å². The maximum atomic E-state index is 5.84. The van der Waals surface area contributed by atoms with Gasteiger partial charge in [0.1, 0.15) is 11.9 Å². The molecule has 1 saturated heterocycles. The number of H-pyrrole nitrogens is 1. The standard InChI is InChI=1S/C14H19N5O/c1-10-13(17-9-16-10)7-19-5-6-20-14(8-19)12-3-4-15-11(2)18-12/h3-4,9,14H,5-8H2,1-2H3,(H,16,17)/t14-/m1/s1. The van der Waals surface area contributed by atoms with E-state index in [2.05, 4.69) is 24.8 Å². The molecule has 106 valence electrons. The van der Waals surface area contributed by atoms with Crippen LogP contribution in [-0.2, 0) is 11.3 Å². The summed E-state index contributed by atoms with van der Waals surface area (Å²) in [5.41, 5.74) is 3.19. The lowest BCUT2D eigenvalue weighted by Crippen LogP contribution is -2.38. The average molecular weight is 273 g/mol. The minimum absolute atomic E-state index is 0.0182. The Morgan fingerprint density at radius 2 is 2.30 bits per heavy atom. The van der Waals surface area contributed by atoms with E-state index in [9.17, 15) is 0 Å². The molecule has 0 radical (unpaired) electrons. The molecular weight excluding hydrogens is 254 g/mol. The highest BCUT2D eigenvalue weighted by atomic mass is 16.5. The first kappa shape index (κ1) is 13.2. The number of aryl methyl sites for hydroxylation is 2. The van der Waals surface area contributed by atoms with Gasteiger partial charge in [0.05, 0.1) is 24.3 Å². The van der Waals surface area contributed by atoms with Crippen LogP contribution in [-0.4, -0.2) is 44.5 Å². The van der Waals surface area contributed by atoms with Gasteiger partial charge in [-0.15, -0.1) is 0 Å². The Morgan fingerprint density at radius 1 is 1.40 bits per heavy atom. The van der Waals surface area contributed by atoms with Crippen molar-refractivity contribution in [1.29, 1.82) is 0 Å². The molecule has 1 atom stereocenters. The quantitative estimate of drug-likeness (QED) is 0.915. The minimum Gasteiger partial charge on any atom is -0.369 e. The molecule has 6 heteroatoms. The third kappa shape index (κ3) is 2.86. The number of hydrogen-bond acceptors (Lipinski definition) is 5. The van der Waals surface area contributed by atoms with E-state index in [1.807, 2.05) is 19.9 Å². The monoisotopic (exact) mass is 273 g/mol. The zero-order valence-electron chi connectivity index (χ0n) is 11.8. The first-order valence-electron chi connectivity index (χ1n) is 6.85. The van der Waals surface area contributed by atoms with Crippen LogP contribution >= 0.6 is 0 Å². The van der Waals surface area contributed by atoms with Gasteiger partial charge in [-0.3, -0.25) is 4.90 Å². The van der Waals surface area contributed by atoms with Gasteiger partial charge in [0.25, 0.3) is 0 Å². The van der Waals surface area contributed by atoms with Crippen LogP contribution in [0.5, 0.6) is 0 Å².